The van der Waals surface area contributed by atoms with Crippen molar-refractivity contribution in [2.75, 3.05) is 26.7 Å². The van der Waals surface area contributed by atoms with Gasteiger partial charge < -0.3 is 14.9 Å². The van der Waals surface area contributed by atoms with Crippen molar-refractivity contribution < 1.29 is 23.1 Å². The van der Waals surface area contributed by atoms with Gasteiger partial charge in [0.1, 0.15) is 0 Å². The van der Waals surface area contributed by atoms with E-state index in [4.69, 9.17) is 0 Å². The van der Waals surface area contributed by atoms with Gasteiger partial charge in [0.25, 0.3) is 0 Å². The highest BCUT2D eigenvalue weighted by Crippen LogP contribution is 2.37. The molecule has 0 saturated carbocycles. The van der Waals surface area contributed by atoms with E-state index >= 15 is 0 Å². The minimum atomic E-state index is -4.42. The number of nitrogens with zero attached hydrogens (tertiary/aromatic N) is 2. The van der Waals surface area contributed by atoms with Crippen LogP contribution in [0.25, 0.3) is 0 Å². The Labute approximate surface area is 145 Å². The molecule has 2 fully saturated rings. The average Bonchev–Trinajstić information content (AvgIpc) is 2.96. The van der Waals surface area contributed by atoms with E-state index < -0.39 is 23.9 Å². The molecule has 2 aliphatic heterocycles. The molecular formula is C18H23F3N2O2. The summed E-state index contributed by atoms with van der Waals surface area (Å²) in [6.07, 6.45) is -3.35. The fourth-order valence-electron chi connectivity index (χ4n) is 3.79. The molecule has 2 aliphatic rings. The van der Waals surface area contributed by atoms with Crippen LogP contribution in [-0.4, -0.2) is 53.6 Å². The van der Waals surface area contributed by atoms with Gasteiger partial charge in [0.2, 0.25) is 5.91 Å². The van der Waals surface area contributed by atoms with Gasteiger partial charge >= 0.3 is 6.18 Å². The number of amides is 1. The van der Waals surface area contributed by atoms with Crippen LogP contribution in [0.15, 0.2) is 24.3 Å². The van der Waals surface area contributed by atoms with Gasteiger partial charge in [-0.05, 0) is 57.1 Å². The molecule has 1 aromatic rings. The summed E-state index contributed by atoms with van der Waals surface area (Å²) >= 11 is 0. The first kappa shape index (κ1) is 18.2. The minimum absolute atomic E-state index is 0.0490. The van der Waals surface area contributed by atoms with Crippen molar-refractivity contribution in [3.63, 3.8) is 0 Å². The van der Waals surface area contributed by atoms with Gasteiger partial charge in [-0.25, -0.2) is 0 Å². The molecule has 1 amide bonds. The van der Waals surface area contributed by atoms with Crippen LogP contribution in [-0.2, 0) is 11.0 Å². The van der Waals surface area contributed by atoms with Gasteiger partial charge in [-0.15, -0.1) is 0 Å². The lowest BCUT2D eigenvalue weighted by Crippen LogP contribution is -2.41. The molecule has 2 heterocycles. The molecule has 2 saturated heterocycles. The number of alkyl halides is 3. The van der Waals surface area contributed by atoms with Crippen LogP contribution in [0.4, 0.5) is 13.2 Å². The standard InChI is InChI=1S/C18H23F3N2O2/c1-22-7-5-12(6-8-22)17(25)23-11-15(24)10-16(23)13-3-2-4-14(9-13)18(19,20)21/h2-4,9,12,15-16,24H,5-8,10-11H2,1H3/t15-,16-/m1/s1. The molecule has 1 aromatic carbocycles. The first-order chi connectivity index (χ1) is 11.8. The van der Waals surface area contributed by atoms with Gasteiger partial charge in [-0.2, -0.15) is 13.2 Å². The Morgan fingerprint density at radius 2 is 1.92 bits per heavy atom. The molecule has 138 valence electrons. The molecule has 0 aromatic heterocycles. The van der Waals surface area contributed by atoms with Crippen molar-refractivity contribution in [1.82, 2.24) is 9.80 Å². The van der Waals surface area contributed by atoms with Gasteiger partial charge in [-0.3, -0.25) is 4.79 Å². The lowest BCUT2D eigenvalue weighted by molar-refractivity contribution is -0.138. The van der Waals surface area contributed by atoms with Crippen LogP contribution in [0.2, 0.25) is 0 Å². The number of rotatable bonds is 2. The van der Waals surface area contributed by atoms with Gasteiger partial charge in [0.05, 0.1) is 17.7 Å². The fourth-order valence-corrected chi connectivity index (χ4v) is 3.79. The van der Waals surface area contributed by atoms with Gasteiger partial charge in [0.15, 0.2) is 0 Å². The lowest BCUT2D eigenvalue weighted by atomic mass is 9.94. The number of benzene rings is 1. The van der Waals surface area contributed by atoms with E-state index in [-0.39, 0.29) is 24.8 Å². The highest BCUT2D eigenvalue weighted by Gasteiger charge is 2.39. The Hall–Kier alpha value is -1.60. The first-order valence-corrected chi connectivity index (χ1v) is 8.60. The molecule has 4 nitrogen and oxygen atoms in total. The van der Waals surface area contributed by atoms with Crippen molar-refractivity contribution in [2.24, 2.45) is 5.92 Å². The number of hydrogen-bond acceptors (Lipinski definition) is 3. The molecule has 0 bridgehead atoms. The average molecular weight is 356 g/mol. The maximum Gasteiger partial charge on any atom is 0.416 e. The molecule has 7 heteroatoms. The third-order valence-corrected chi connectivity index (χ3v) is 5.23. The second-order valence-electron chi connectivity index (χ2n) is 7.10. The molecule has 0 unspecified atom stereocenters. The number of carbonyl (C=O) groups is 1. The summed E-state index contributed by atoms with van der Waals surface area (Å²) in [5, 5.41) is 10.0. The number of hydrogen-bond donors (Lipinski definition) is 1. The predicted molar refractivity (Wildman–Crippen MR) is 86.7 cm³/mol. The van der Waals surface area contributed by atoms with E-state index in [0.717, 1.165) is 38.1 Å². The van der Waals surface area contributed by atoms with E-state index in [9.17, 15) is 23.1 Å². The first-order valence-electron chi connectivity index (χ1n) is 8.60. The third-order valence-electron chi connectivity index (χ3n) is 5.23. The zero-order valence-corrected chi connectivity index (χ0v) is 14.2. The third kappa shape index (κ3) is 3.98. The molecule has 0 spiro atoms. The maximum atomic E-state index is 13.0. The molecule has 3 rings (SSSR count). The zero-order chi connectivity index (χ0) is 18.2. The summed E-state index contributed by atoms with van der Waals surface area (Å²) in [6, 6.07) is 4.59. The largest absolute Gasteiger partial charge is 0.416 e. The quantitative estimate of drug-likeness (QED) is 0.886. The number of likely N-dealkylation sites (tertiary alicyclic amines) is 2. The summed E-state index contributed by atoms with van der Waals surface area (Å²) in [5.74, 6) is -0.165. The summed E-state index contributed by atoms with van der Waals surface area (Å²) in [5.41, 5.74) is -0.286. The lowest BCUT2D eigenvalue weighted by Gasteiger charge is -2.33. The fraction of sp³-hybridized carbons (Fsp3) is 0.611. The molecule has 25 heavy (non-hydrogen) atoms. The van der Waals surface area contributed by atoms with E-state index in [1.807, 2.05) is 7.05 Å². The molecule has 0 aliphatic carbocycles. The molecule has 1 N–H and O–H groups in total. The van der Waals surface area contributed by atoms with Crippen LogP contribution < -0.4 is 0 Å². The second kappa shape index (κ2) is 6.96. The Morgan fingerprint density at radius 1 is 1.24 bits per heavy atom. The summed E-state index contributed by atoms with van der Waals surface area (Å²) in [7, 11) is 2.01. The van der Waals surface area contributed by atoms with E-state index in [1.165, 1.54) is 6.07 Å². The summed E-state index contributed by atoms with van der Waals surface area (Å²) < 4.78 is 38.9. The summed E-state index contributed by atoms with van der Waals surface area (Å²) in [6.45, 7) is 1.86. The SMILES string of the molecule is CN1CCC(C(=O)N2C[C@H](O)C[C@@H]2c2cccc(C(F)(F)F)c2)CC1. The summed E-state index contributed by atoms with van der Waals surface area (Å²) in [4.78, 5) is 16.6. The Bertz CT molecular complexity index is 627. The number of piperidine rings is 1. The molecule has 0 radical (unpaired) electrons. The highest BCUT2D eigenvalue weighted by atomic mass is 19.4. The Kier molecular flexibility index (Phi) is 5.06. The Morgan fingerprint density at radius 3 is 2.56 bits per heavy atom. The number of aliphatic hydroxyl groups is 1. The Balaban J connectivity index is 1.81. The van der Waals surface area contributed by atoms with Crippen LogP contribution in [0.1, 0.15) is 36.4 Å². The van der Waals surface area contributed by atoms with Crippen LogP contribution in [0, 0.1) is 5.92 Å². The number of halogens is 3. The zero-order valence-electron chi connectivity index (χ0n) is 14.2. The number of aliphatic hydroxyl groups excluding tert-OH is 1. The predicted octanol–water partition coefficient (Wildman–Crippen LogP) is 2.68. The van der Waals surface area contributed by atoms with Crippen LogP contribution >= 0.6 is 0 Å². The van der Waals surface area contributed by atoms with E-state index in [0.29, 0.717) is 5.56 Å². The smallest absolute Gasteiger partial charge is 0.391 e. The number of carbonyl (C=O) groups excluding carboxylic acids is 1. The van der Waals surface area contributed by atoms with Crippen molar-refractivity contribution in [2.45, 2.75) is 37.6 Å². The topological polar surface area (TPSA) is 43.8 Å². The maximum absolute atomic E-state index is 13.0. The second-order valence-corrected chi connectivity index (χ2v) is 7.10. The van der Waals surface area contributed by atoms with Crippen molar-refractivity contribution in [3.05, 3.63) is 35.4 Å². The highest BCUT2D eigenvalue weighted by molar-refractivity contribution is 5.80. The van der Waals surface area contributed by atoms with Crippen molar-refractivity contribution in [3.8, 4) is 0 Å². The van der Waals surface area contributed by atoms with E-state index in [1.54, 1.807) is 11.0 Å². The minimum Gasteiger partial charge on any atom is -0.391 e. The molecule has 2 atom stereocenters. The normalized spacial score (nSPS) is 26.2. The van der Waals surface area contributed by atoms with E-state index in [2.05, 4.69) is 4.90 Å². The monoisotopic (exact) mass is 356 g/mol. The van der Waals surface area contributed by atoms with Crippen LogP contribution in [0.5, 0.6) is 0 Å². The van der Waals surface area contributed by atoms with Crippen molar-refractivity contribution >= 4 is 5.91 Å². The van der Waals surface area contributed by atoms with Crippen LogP contribution in [0.3, 0.4) is 0 Å². The van der Waals surface area contributed by atoms with Gasteiger partial charge in [0, 0.05) is 12.5 Å². The van der Waals surface area contributed by atoms with Gasteiger partial charge in [-0.1, -0.05) is 12.1 Å². The van der Waals surface area contributed by atoms with Crippen molar-refractivity contribution in [1.29, 1.82) is 0 Å². The molecular weight excluding hydrogens is 333 g/mol. The number of β-amino-alcohol motifs (C(OH)–C–C–N with tert-alkyl or cyclic N) is 1.